The van der Waals surface area contributed by atoms with Gasteiger partial charge in [-0.05, 0) is 94.4 Å². The molecule has 0 aromatic rings. The predicted molar refractivity (Wildman–Crippen MR) is 102 cm³/mol. The van der Waals surface area contributed by atoms with Crippen molar-refractivity contribution in [2.75, 3.05) is 6.61 Å². The van der Waals surface area contributed by atoms with Gasteiger partial charge < -0.3 is 4.74 Å². The van der Waals surface area contributed by atoms with Gasteiger partial charge in [-0.3, -0.25) is 0 Å². The van der Waals surface area contributed by atoms with Gasteiger partial charge in [0.05, 0.1) is 12.2 Å². The molecule has 0 aliphatic carbocycles. The fraction of sp³-hybridized carbons (Fsp3) is 1.00. The average Bonchev–Trinajstić information content (AvgIpc) is 3.13. The molecule has 0 spiro atoms. The van der Waals surface area contributed by atoms with Gasteiger partial charge in [-0.2, -0.15) is 10.1 Å². The summed E-state index contributed by atoms with van der Waals surface area (Å²) >= 11 is 0. The molecule has 25 heavy (non-hydrogen) atoms. The highest BCUT2D eigenvalue weighted by molar-refractivity contribution is 5.09. The zero-order valence-corrected chi connectivity index (χ0v) is 18.0. The van der Waals surface area contributed by atoms with Crippen molar-refractivity contribution in [3.05, 3.63) is 0 Å². The highest BCUT2D eigenvalue weighted by Crippen LogP contribution is 2.52. The van der Waals surface area contributed by atoms with E-state index < -0.39 is 0 Å². The molecule has 3 rings (SSSR count). The first-order chi connectivity index (χ1) is 11.2. The first kappa shape index (κ1) is 19.6. The zero-order valence-electron chi connectivity index (χ0n) is 18.0. The molecular weight excluding hydrogens is 312 g/mol. The molecule has 0 bridgehead atoms. The number of hydrogen-bond acceptors (Lipinski definition) is 4. The fourth-order valence-corrected chi connectivity index (χ4v) is 5.74. The SMILES string of the molecule is CC1(C2CCC(C)(C)N(ON3C(C)(C)CCCC3(C)C)C2(C)C)CO1. The molecule has 0 radical (unpaired) electrons. The smallest absolute Gasteiger partial charge is 0.0934 e. The van der Waals surface area contributed by atoms with Crippen molar-refractivity contribution in [1.29, 1.82) is 0 Å². The number of ether oxygens (including phenoxy) is 1. The Bertz CT molecular complexity index is 504. The lowest BCUT2D eigenvalue weighted by molar-refractivity contribution is -0.448. The van der Waals surface area contributed by atoms with Crippen LogP contribution in [0.3, 0.4) is 0 Å². The van der Waals surface area contributed by atoms with Gasteiger partial charge in [0, 0.05) is 28.1 Å². The molecule has 4 nitrogen and oxygen atoms in total. The lowest BCUT2D eigenvalue weighted by Crippen LogP contribution is -2.69. The summed E-state index contributed by atoms with van der Waals surface area (Å²) in [4.78, 5) is 6.86. The second kappa shape index (κ2) is 5.67. The largest absolute Gasteiger partial charge is 0.370 e. The summed E-state index contributed by atoms with van der Waals surface area (Å²) in [6.07, 6.45) is 5.95. The number of hydroxylamine groups is 4. The molecule has 4 heteroatoms. The van der Waals surface area contributed by atoms with E-state index in [1.165, 1.54) is 25.7 Å². The van der Waals surface area contributed by atoms with Crippen molar-refractivity contribution in [2.24, 2.45) is 5.92 Å². The van der Waals surface area contributed by atoms with Gasteiger partial charge in [-0.15, -0.1) is 0 Å². The van der Waals surface area contributed by atoms with E-state index in [1.807, 2.05) is 0 Å². The van der Waals surface area contributed by atoms with Crippen LogP contribution < -0.4 is 0 Å². The lowest BCUT2D eigenvalue weighted by atomic mass is 9.69. The van der Waals surface area contributed by atoms with E-state index >= 15 is 0 Å². The van der Waals surface area contributed by atoms with E-state index in [9.17, 15) is 0 Å². The van der Waals surface area contributed by atoms with Gasteiger partial charge in [-0.25, -0.2) is 4.94 Å². The van der Waals surface area contributed by atoms with Gasteiger partial charge in [-0.1, -0.05) is 0 Å². The minimum atomic E-state index is -0.0728. The van der Waals surface area contributed by atoms with Crippen LogP contribution in [-0.2, 0) is 9.68 Å². The van der Waals surface area contributed by atoms with Crippen molar-refractivity contribution in [3.63, 3.8) is 0 Å². The first-order valence-electron chi connectivity index (χ1n) is 10.2. The second-order valence-electron chi connectivity index (χ2n) is 11.3. The molecule has 0 N–H and O–H groups in total. The molecule has 3 saturated heterocycles. The Balaban J connectivity index is 1.92. The van der Waals surface area contributed by atoms with Crippen LogP contribution in [0.4, 0.5) is 0 Å². The maximum Gasteiger partial charge on any atom is 0.0934 e. The Kier molecular flexibility index (Phi) is 4.44. The third kappa shape index (κ3) is 3.28. The summed E-state index contributed by atoms with van der Waals surface area (Å²) in [7, 11) is 0. The monoisotopic (exact) mass is 352 g/mol. The second-order valence-corrected chi connectivity index (χ2v) is 11.3. The van der Waals surface area contributed by atoms with Crippen molar-refractivity contribution in [2.45, 2.75) is 122 Å². The molecule has 2 atom stereocenters. The van der Waals surface area contributed by atoms with Crippen molar-refractivity contribution < 1.29 is 9.68 Å². The maximum absolute atomic E-state index is 6.86. The van der Waals surface area contributed by atoms with Crippen LogP contribution in [-0.4, -0.2) is 44.5 Å². The number of hydrogen-bond donors (Lipinski definition) is 0. The van der Waals surface area contributed by atoms with Crippen LogP contribution in [0.1, 0.15) is 94.4 Å². The third-order valence-electron chi connectivity index (χ3n) is 7.15. The minimum Gasteiger partial charge on any atom is -0.370 e. The Hall–Kier alpha value is -0.160. The molecule has 0 aromatic carbocycles. The molecule has 3 aliphatic heterocycles. The average molecular weight is 353 g/mol. The van der Waals surface area contributed by atoms with Gasteiger partial charge >= 0.3 is 0 Å². The van der Waals surface area contributed by atoms with Crippen LogP contribution in [0.5, 0.6) is 0 Å². The number of epoxide rings is 1. The predicted octanol–water partition coefficient (Wildman–Crippen LogP) is 4.93. The van der Waals surface area contributed by atoms with E-state index in [2.05, 4.69) is 72.4 Å². The molecule has 0 aromatic heterocycles. The summed E-state index contributed by atoms with van der Waals surface area (Å²) in [5.41, 5.74) is 0.0433. The standard InChI is InChI=1S/C21H40N2O2/c1-17(2)12-10-13-18(3,4)22(17)25-23-19(5,6)14-11-16(20(23,7)8)21(9)15-24-21/h16H,10-15H2,1-9H3. The molecule has 146 valence electrons. The van der Waals surface area contributed by atoms with Gasteiger partial charge in [0.25, 0.3) is 0 Å². The summed E-state index contributed by atoms with van der Waals surface area (Å²) in [5, 5.41) is 4.61. The maximum atomic E-state index is 6.86. The third-order valence-corrected chi connectivity index (χ3v) is 7.15. The van der Waals surface area contributed by atoms with Crippen LogP contribution in [0, 0.1) is 5.92 Å². The normalized spacial score (nSPS) is 40.0. The van der Waals surface area contributed by atoms with Crippen LogP contribution in [0.25, 0.3) is 0 Å². The Morgan fingerprint density at radius 1 is 0.760 bits per heavy atom. The molecular formula is C21H40N2O2. The molecule has 3 aliphatic rings. The summed E-state index contributed by atoms with van der Waals surface area (Å²) in [6, 6.07) is 0. The van der Waals surface area contributed by atoms with Crippen molar-refractivity contribution in [3.8, 4) is 0 Å². The first-order valence-corrected chi connectivity index (χ1v) is 10.2. The highest BCUT2D eigenvalue weighted by Gasteiger charge is 2.60. The fourth-order valence-electron chi connectivity index (χ4n) is 5.74. The number of nitrogens with zero attached hydrogens (tertiary/aromatic N) is 2. The van der Waals surface area contributed by atoms with Crippen LogP contribution in [0.2, 0.25) is 0 Å². The summed E-state index contributed by atoms with van der Waals surface area (Å²) in [5.74, 6) is 0.490. The Morgan fingerprint density at radius 3 is 1.72 bits per heavy atom. The van der Waals surface area contributed by atoms with E-state index in [1.54, 1.807) is 0 Å². The summed E-state index contributed by atoms with van der Waals surface area (Å²) in [6.45, 7) is 21.8. The molecule has 0 saturated carbocycles. The molecule has 2 unspecified atom stereocenters. The van der Waals surface area contributed by atoms with E-state index in [4.69, 9.17) is 9.68 Å². The van der Waals surface area contributed by atoms with Crippen molar-refractivity contribution >= 4 is 0 Å². The minimum absolute atomic E-state index is 0.00879. The number of rotatable bonds is 3. The quantitative estimate of drug-likeness (QED) is 0.673. The van der Waals surface area contributed by atoms with Gasteiger partial charge in [0.1, 0.15) is 0 Å². The summed E-state index contributed by atoms with van der Waals surface area (Å²) < 4.78 is 5.86. The molecule has 3 fully saturated rings. The van der Waals surface area contributed by atoms with Gasteiger partial charge in [0.2, 0.25) is 0 Å². The lowest BCUT2D eigenvalue weighted by Gasteiger charge is -2.60. The van der Waals surface area contributed by atoms with Crippen LogP contribution >= 0.6 is 0 Å². The van der Waals surface area contributed by atoms with Crippen LogP contribution in [0.15, 0.2) is 0 Å². The van der Waals surface area contributed by atoms with E-state index in [-0.39, 0.29) is 27.8 Å². The molecule has 3 heterocycles. The van der Waals surface area contributed by atoms with Crippen molar-refractivity contribution in [1.82, 2.24) is 10.1 Å². The van der Waals surface area contributed by atoms with E-state index in [0.29, 0.717) is 5.92 Å². The molecule has 0 amide bonds. The topological polar surface area (TPSA) is 28.2 Å². The van der Waals surface area contributed by atoms with E-state index in [0.717, 1.165) is 13.0 Å². The highest BCUT2D eigenvalue weighted by atomic mass is 16.8. The number of piperidine rings is 2. The zero-order chi connectivity index (χ0) is 18.9. The van der Waals surface area contributed by atoms with Gasteiger partial charge in [0.15, 0.2) is 0 Å². The Labute approximate surface area is 155 Å². The Morgan fingerprint density at radius 2 is 1.24 bits per heavy atom.